The Kier molecular flexibility index (Phi) is 4.90. The van der Waals surface area contributed by atoms with Crippen LogP contribution in [0.25, 0.3) is 65.4 Å². The van der Waals surface area contributed by atoms with E-state index < -0.39 is 0 Å². The molecule has 0 radical (unpaired) electrons. The highest BCUT2D eigenvalue weighted by Crippen LogP contribution is 2.65. The van der Waals surface area contributed by atoms with Gasteiger partial charge in [0, 0.05) is 4.88 Å². The first kappa shape index (κ1) is 24.2. The normalized spacial score (nSPS) is 15.8. The van der Waals surface area contributed by atoms with Gasteiger partial charge in [-0.2, -0.15) is 0 Å². The number of hydrogen-bond donors (Lipinski definition) is 0. The molecule has 1 spiro atoms. The first-order chi connectivity index (χ1) is 21.9. The summed E-state index contributed by atoms with van der Waals surface area (Å²) in [5, 5.41) is 7.44. The third-order valence-corrected chi connectivity index (χ3v) is 10.9. The second kappa shape index (κ2) is 8.89. The van der Waals surface area contributed by atoms with E-state index in [0.717, 1.165) is 0 Å². The molecule has 0 nitrogen and oxygen atoms in total. The van der Waals surface area contributed by atoms with Crippen molar-refractivity contribution in [3.63, 3.8) is 0 Å². The Labute approximate surface area is 260 Å². The quantitative estimate of drug-likeness (QED) is 0.180. The summed E-state index contributed by atoms with van der Waals surface area (Å²) in [5.74, 6) is 0. The molecule has 1 heteroatoms. The molecule has 1 heterocycles. The molecule has 1 atom stereocenters. The van der Waals surface area contributed by atoms with Gasteiger partial charge in [-0.25, -0.2) is 0 Å². The van der Waals surface area contributed by atoms with Crippen molar-refractivity contribution in [3.8, 4) is 43.8 Å². The zero-order valence-corrected chi connectivity index (χ0v) is 24.7. The van der Waals surface area contributed by atoms with Crippen molar-refractivity contribution in [2.75, 3.05) is 0 Å². The van der Waals surface area contributed by atoms with Crippen LogP contribution in [0.5, 0.6) is 0 Å². The minimum Gasteiger partial charge on any atom is -0.143 e. The number of rotatable bonds is 2. The van der Waals surface area contributed by atoms with Crippen molar-refractivity contribution < 1.29 is 0 Å². The number of fused-ring (bicyclic) bond motifs is 12. The van der Waals surface area contributed by atoms with E-state index in [1.807, 2.05) is 11.3 Å². The van der Waals surface area contributed by atoms with E-state index in [9.17, 15) is 0 Å². The molecule has 1 unspecified atom stereocenters. The van der Waals surface area contributed by atoms with Gasteiger partial charge < -0.3 is 0 Å². The molecule has 0 N–H and O–H groups in total. The first-order valence-corrected chi connectivity index (χ1v) is 16.2. The molecule has 0 amide bonds. The van der Waals surface area contributed by atoms with Gasteiger partial charge in [0.2, 0.25) is 0 Å². The van der Waals surface area contributed by atoms with Gasteiger partial charge >= 0.3 is 0 Å². The van der Waals surface area contributed by atoms with E-state index in [1.54, 1.807) is 0 Å². The average Bonchev–Trinajstić information content (AvgIpc) is 3.77. The van der Waals surface area contributed by atoms with Gasteiger partial charge in [0.25, 0.3) is 0 Å². The summed E-state index contributed by atoms with van der Waals surface area (Å²) in [6.45, 7) is 0. The largest absolute Gasteiger partial charge is 0.143 e. The van der Waals surface area contributed by atoms with Crippen molar-refractivity contribution in [3.05, 3.63) is 179 Å². The molecule has 0 bridgehead atoms. The van der Waals surface area contributed by atoms with Crippen LogP contribution in [-0.2, 0) is 5.41 Å². The molecule has 44 heavy (non-hydrogen) atoms. The maximum Gasteiger partial charge on any atom is 0.0734 e. The predicted molar refractivity (Wildman–Crippen MR) is 187 cm³/mol. The van der Waals surface area contributed by atoms with Crippen molar-refractivity contribution in [2.45, 2.75) is 5.41 Å². The van der Waals surface area contributed by atoms with E-state index in [4.69, 9.17) is 0 Å². The van der Waals surface area contributed by atoms with Crippen LogP contribution in [0.3, 0.4) is 0 Å². The molecule has 0 saturated heterocycles. The molecule has 204 valence electrons. The molecular weight excluding hydrogens is 549 g/mol. The molecule has 2 aliphatic carbocycles. The zero-order chi connectivity index (χ0) is 28.8. The highest BCUT2D eigenvalue weighted by Gasteiger charge is 2.52. The monoisotopic (exact) mass is 574 g/mol. The van der Waals surface area contributed by atoms with E-state index in [1.165, 1.54) is 87.6 Å². The Morgan fingerprint density at radius 2 is 0.864 bits per heavy atom. The fraction of sp³-hybridized carbons (Fsp3) is 0.0233. The summed E-state index contributed by atoms with van der Waals surface area (Å²) in [6, 6.07) is 56.5. The summed E-state index contributed by atoms with van der Waals surface area (Å²) in [4.78, 5) is 1.40. The van der Waals surface area contributed by atoms with Crippen molar-refractivity contribution in [1.82, 2.24) is 0 Å². The van der Waals surface area contributed by atoms with Crippen LogP contribution >= 0.6 is 11.3 Å². The molecule has 2 aliphatic rings. The lowest BCUT2D eigenvalue weighted by Gasteiger charge is -2.30. The predicted octanol–water partition coefficient (Wildman–Crippen LogP) is 11.7. The summed E-state index contributed by atoms with van der Waals surface area (Å²) >= 11 is 1.87. The molecule has 7 aromatic carbocycles. The lowest BCUT2D eigenvalue weighted by atomic mass is 9.71. The lowest BCUT2D eigenvalue weighted by molar-refractivity contribution is 0.796. The first-order valence-electron chi connectivity index (χ1n) is 15.3. The molecule has 0 fully saturated rings. The van der Waals surface area contributed by atoms with Crippen LogP contribution in [0.15, 0.2) is 157 Å². The standard InChI is InChI=1S/C43H26S/c1-2-13-27(14-3-1)39-28-15-4-6-17-30(28)40(31-18-7-5-16-29(31)39)34-21-12-24-37-41(34)32-19-8-10-22-35(32)43(37)36-23-11-9-20-33(36)42-38(43)25-26-44-42/h1-26H. The molecule has 8 aromatic rings. The maximum absolute atomic E-state index is 2.39. The number of benzene rings is 7. The molecule has 10 rings (SSSR count). The van der Waals surface area contributed by atoms with Gasteiger partial charge in [-0.05, 0) is 94.2 Å². The Hall–Kier alpha value is -5.24. The van der Waals surface area contributed by atoms with E-state index in [-0.39, 0.29) is 5.41 Å². The Bertz CT molecular complexity index is 2390. The average molecular weight is 575 g/mol. The topological polar surface area (TPSA) is 0 Å². The van der Waals surface area contributed by atoms with Crippen molar-refractivity contribution >= 4 is 32.9 Å². The van der Waals surface area contributed by atoms with Gasteiger partial charge in [-0.15, -0.1) is 11.3 Å². The Morgan fingerprint density at radius 1 is 0.341 bits per heavy atom. The highest BCUT2D eigenvalue weighted by atomic mass is 32.1. The van der Waals surface area contributed by atoms with Gasteiger partial charge in [-0.3, -0.25) is 0 Å². The van der Waals surface area contributed by atoms with Crippen LogP contribution in [0.2, 0.25) is 0 Å². The molecule has 0 saturated carbocycles. The van der Waals surface area contributed by atoms with Crippen LogP contribution in [0, 0.1) is 0 Å². The van der Waals surface area contributed by atoms with Gasteiger partial charge in [0.05, 0.1) is 5.41 Å². The van der Waals surface area contributed by atoms with Gasteiger partial charge in [0.1, 0.15) is 0 Å². The maximum atomic E-state index is 2.39. The SMILES string of the molecule is c1ccc(-c2c3ccccc3c(-c3cccc4c3-c3ccccc3C43c4ccccc4-c4sccc43)c3ccccc23)cc1. The molecule has 1 aromatic heterocycles. The number of thiophene rings is 1. The smallest absolute Gasteiger partial charge is 0.0734 e. The fourth-order valence-corrected chi connectivity index (χ4v) is 9.41. The number of hydrogen-bond acceptors (Lipinski definition) is 1. The molecular formula is C43H26S. The summed E-state index contributed by atoms with van der Waals surface area (Å²) in [7, 11) is 0. The minimum absolute atomic E-state index is 0.316. The Morgan fingerprint density at radius 3 is 1.57 bits per heavy atom. The van der Waals surface area contributed by atoms with E-state index in [2.05, 4.69) is 157 Å². The van der Waals surface area contributed by atoms with Crippen LogP contribution in [-0.4, -0.2) is 0 Å². The zero-order valence-electron chi connectivity index (χ0n) is 23.9. The lowest BCUT2D eigenvalue weighted by Crippen LogP contribution is -2.25. The molecule has 0 aliphatic heterocycles. The third kappa shape index (κ3) is 2.93. The second-order valence-electron chi connectivity index (χ2n) is 11.9. The summed E-state index contributed by atoms with van der Waals surface area (Å²) in [6.07, 6.45) is 0. The van der Waals surface area contributed by atoms with E-state index in [0.29, 0.717) is 0 Å². The van der Waals surface area contributed by atoms with Gasteiger partial charge in [0.15, 0.2) is 0 Å². The Balaban J connectivity index is 1.38. The van der Waals surface area contributed by atoms with Gasteiger partial charge in [-0.1, -0.05) is 146 Å². The third-order valence-electron chi connectivity index (χ3n) is 9.98. The van der Waals surface area contributed by atoms with Crippen LogP contribution in [0.1, 0.15) is 22.3 Å². The highest BCUT2D eigenvalue weighted by molar-refractivity contribution is 7.14. The summed E-state index contributed by atoms with van der Waals surface area (Å²) < 4.78 is 0. The van der Waals surface area contributed by atoms with Crippen LogP contribution < -0.4 is 0 Å². The van der Waals surface area contributed by atoms with E-state index >= 15 is 0 Å². The van der Waals surface area contributed by atoms with Crippen molar-refractivity contribution in [1.29, 1.82) is 0 Å². The summed E-state index contributed by atoms with van der Waals surface area (Å²) in [5.41, 5.74) is 14.5. The second-order valence-corrected chi connectivity index (χ2v) is 12.9. The van der Waals surface area contributed by atoms with Crippen molar-refractivity contribution in [2.24, 2.45) is 0 Å². The fourth-order valence-electron chi connectivity index (χ4n) is 8.42. The van der Waals surface area contributed by atoms with Crippen LogP contribution in [0.4, 0.5) is 0 Å². The minimum atomic E-state index is -0.316.